The van der Waals surface area contributed by atoms with Crippen LogP contribution in [0.25, 0.3) is 16.6 Å². The van der Waals surface area contributed by atoms with Crippen molar-refractivity contribution in [2.75, 3.05) is 19.9 Å². The minimum atomic E-state index is -3.28. The Morgan fingerprint density at radius 3 is 2.80 bits per heavy atom. The van der Waals surface area contributed by atoms with Gasteiger partial charge < -0.3 is 9.72 Å². The summed E-state index contributed by atoms with van der Waals surface area (Å²) in [6, 6.07) is 5.78. The second-order valence-electron chi connectivity index (χ2n) is 4.92. The third-order valence-electron chi connectivity index (χ3n) is 3.67. The lowest BCUT2D eigenvalue weighted by molar-refractivity contribution is 0.415. The molecule has 1 aromatic carbocycles. The Bertz CT molecular complexity index is 805. The van der Waals surface area contributed by atoms with Gasteiger partial charge >= 0.3 is 0 Å². The lowest BCUT2D eigenvalue weighted by atomic mass is 10.0. The van der Waals surface area contributed by atoms with Crippen LogP contribution in [0.5, 0.6) is 5.75 Å². The zero-order chi connectivity index (χ0) is 14.5. The van der Waals surface area contributed by atoms with Crippen molar-refractivity contribution >= 4 is 26.6 Å². The van der Waals surface area contributed by atoms with E-state index >= 15 is 0 Å². The molecule has 0 spiro atoms. The fourth-order valence-corrected chi connectivity index (χ4v) is 3.61. The Kier molecular flexibility index (Phi) is 2.79. The highest BCUT2D eigenvalue weighted by Gasteiger charge is 2.28. The molecule has 0 fully saturated rings. The first kappa shape index (κ1) is 13.1. The number of rotatable bonds is 2. The van der Waals surface area contributed by atoms with Gasteiger partial charge in [-0.05, 0) is 30.2 Å². The minimum Gasteiger partial charge on any atom is -0.497 e. The molecular formula is C14H16N2O3S. The fraction of sp³-hybridized carbons (Fsp3) is 0.286. The van der Waals surface area contributed by atoms with Crippen molar-refractivity contribution < 1.29 is 13.2 Å². The summed E-state index contributed by atoms with van der Waals surface area (Å²) >= 11 is 0. The van der Waals surface area contributed by atoms with E-state index in [0.717, 1.165) is 27.9 Å². The standard InChI is InChI=1S/C14H16N2O3S/c1-9-14-11(6-7-16(9)20(3,17)18)12-8-10(19-2)4-5-13(12)15-14/h4-5,8,15H,1,6-7H2,2-3H3. The van der Waals surface area contributed by atoms with Crippen molar-refractivity contribution in [3.8, 4) is 5.75 Å². The summed E-state index contributed by atoms with van der Waals surface area (Å²) in [4.78, 5) is 3.26. The maximum Gasteiger partial charge on any atom is 0.232 e. The number of hydrogen-bond acceptors (Lipinski definition) is 3. The molecule has 1 aliphatic heterocycles. The quantitative estimate of drug-likeness (QED) is 0.920. The number of nitrogens with one attached hydrogen (secondary N) is 1. The number of aromatic amines is 1. The van der Waals surface area contributed by atoms with Crippen molar-refractivity contribution in [3.63, 3.8) is 0 Å². The van der Waals surface area contributed by atoms with Crippen LogP contribution in [0.4, 0.5) is 0 Å². The Morgan fingerprint density at radius 1 is 1.40 bits per heavy atom. The average Bonchev–Trinajstić information content (AvgIpc) is 2.76. The molecule has 106 valence electrons. The van der Waals surface area contributed by atoms with Crippen LogP contribution in [-0.4, -0.2) is 37.6 Å². The van der Waals surface area contributed by atoms with Gasteiger partial charge in [-0.25, -0.2) is 8.42 Å². The van der Waals surface area contributed by atoms with Gasteiger partial charge in [-0.3, -0.25) is 4.31 Å². The molecule has 3 rings (SSSR count). The van der Waals surface area contributed by atoms with Crippen molar-refractivity contribution in [2.24, 2.45) is 0 Å². The number of fused-ring (bicyclic) bond motifs is 3. The Labute approximate surface area is 117 Å². The van der Waals surface area contributed by atoms with E-state index < -0.39 is 10.0 Å². The molecule has 0 bridgehead atoms. The van der Waals surface area contributed by atoms with Crippen LogP contribution in [0.3, 0.4) is 0 Å². The Morgan fingerprint density at radius 2 is 2.15 bits per heavy atom. The van der Waals surface area contributed by atoms with E-state index in [0.29, 0.717) is 18.7 Å². The number of aromatic nitrogens is 1. The van der Waals surface area contributed by atoms with Crippen molar-refractivity contribution in [1.82, 2.24) is 9.29 Å². The summed E-state index contributed by atoms with van der Waals surface area (Å²) in [6.45, 7) is 4.35. The number of benzene rings is 1. The molecule has 1 N–H and O–H groups in total. The highest BCUT2D eigenvalue weighted by atomic mass is 32.2. The molecule has 0 atom stereocenters. The molecule has 6 heteroatoms. The van der Waals surface area contributed by atoms with Crippen LogP contribution in [-0.2, 0) is 16.4 Å². The number of H-pyrrole nitrogens is 1. The molecule has 0 aliphatic carbocycles. The second-order valence-corrected chi connectivity index (χ2v) is 6.83. The third-order valence-corrected chi connectivity index (χ3v) is 4.87. The topological polar surface area (TPSA) is 62.4 Å². The van der Waals surface area contributed by atoms with Crippen LogP contribution >= 0.6 is 0 Å². The van der Waals surface area contributed by atoms with Gasteiger partial charge in [-0.15, -0.1) is 0 Å². The maximum absolute atomic E-state index is 11.8. The van der Waals surface area contributed by atoms with E-state index in [1.54, 1.807) is 7.11 Å². The molecule has 0 unspecified atom stereocenters. The summed E-state index contributed by atoms with van der Waals surface area (Å²) < 4.78 is 30.1. The van der Waals surface area contributed by atoms with E-state index in [9.17, 15) is 8.42 Å². The van der Waals surface area contributed by atoms with Gasteiger partial charge in [0, 0.05) is 17.4 Å². The SMILES string of the molecule is C=C1c2[nH]c3ccc(OC)cc3c2CCN1S(C)(=O)=O. The van der Waals surface area contributed by atoms with E-state index in [2.05, 4.69) is 11.6 Å². The lowest BCUT2D eigenvalue weighted by Gasteiger charge is -2.28. The van der Waals surface area contributed by atoms with Gasteiger partial charge in [0.2, 0.25) is 10.0 Å². The molecule has 20 heavy (non-hydrogen) atoms. The van der Waals surface area contributed by atoms with Crippen LogP contribution in [0.1, 0.15) is 11.3 Å². The van der Waals surface area contributed by atoms with E-state index in [1.807, 2.05) is 18.2 Å². The molecule has 1 aliphatic rings. The molecular weight excluding hydrogens is 276 g/mol. The van der Waals surface area contributed by atoms with Gasteiger partial charge in [0.15, 0.2) is 0 Å². The van der Waals surface area contributed by atoms with Crippen molar-refractivity contribution in [2.45, 2.75) is 6.42 Å². The summed E-state index contributed by atoms with van der Waals surface area (Å²) in [7, 11) is -1.65. The first-order valence-electron chi connectivity index (χ1n) is 6.27. The highest BCUT2D eigenvalue weighted by molar-refractivity contribution is 7.88. The molecule has 1 aromatic heterocycles. The Hall–Kier alpha value is -1.95. The smallest absolute Gasteiger partial charge is 0.232 e. The van der Waals surface area contributed by atoms with Gasteiger partial charge in [-0.1, -0.05) is 6.58 Å². The number of sulfonamides is 1. The summed E-state index contributed by atoms with van der Waals surface area (Å²) in [6.07, 6.45) is 1.86. The molecule has 2 aromatic rings. The molecule has 2 heterocycles. The van der Waals surface area contributed by atoms with E-state index in [-0.39, 0.29) is 0 Å². The predicted molar refractivity (Wildman–Crippen MR) is 79.1 cm³/mol. The normalized spacial score (nSPS) is 15.5. The zero-order valence-corrected chi connectivity index (χ0v) is 12.3. The summed E-state index contributed by atoms with van der Waals surface area (Å²) in [5.74, 6) is 0.787. The molecule has 0 saturated heterocycles. The predicted octanol–water partition coefficient (Wildman–Crippen LogP) is 1.96. The summed E-state index contributed by atoms with van der Waals surface area (Å²) in [5, 5.41) is 1.06. The number of hydrogen-bond donors (Lipinski definition) is 1. The summed E-state index contributed by atoms with van der Waals surface area (Å²) in [5.41, 5.74) is 3.37. The van der Waals surface area contributed by atoms with Gasteiger partial charge in [0.05, 0.1) is 24.8 Å². The fourth-order valence-electron chi connectivity index (χ4n) is 2.70. The number of nitrogens with zero attached hydrogens (tertiary/aromatic N) is 1. The molecule has 0 amide bonds. The third kappa shape index (κ3) is 1.87. The maximum atomic E-state index is 11.8. The van der Waals surface area contributed by atoms with E-state index in [1.165, 1.54) is 10.6 Å². The van der Waals surface area contributed by atoms with Crippen LogP contribution in [0.15, 0.2) is 24.8 Å². The van der Waals surface area contributed by atoms with Gasteiger partial charge in [0.25, 0.3) is 0 Å². The zero-order valence-electron chi connectivity index (χ0n) is 11.4. The second kappa shape index (κ2) is 4.28. The van der Waals surface area contributed by atoms with Crippen molar-refractivity contribution in [1.29, 1.82) is 0 Å². The highest BCUT2D eigenvalue weighted by Crippen LogP contribution is 2.35. The lowest BCUT2D eigenvalue weighted by Crippen LogP contribution is -2.33. The van der Waals surface area contributed by atoms with Crippen molar-refractivity contribution in [3.05, 3.63) is 36.0 Å². The van der Waals surface area contributed by atoms with Crippen LogP contribution < -0.4 is 4.74 Å². The van der Waals surface area contributed by atoms with E-state index in [4.69, 9.17) is 4.74 Å². The molecule has 0 radical (unpaired) electrons. The van der Waals surface area contributed by atoms with Crippen LogP contribution in [0, 0.1) is 0 Å². The molecule has 0 saturated carbocycles. The first-order valence-corrected chi connectivity index (χ1v) is 8.12. The monoisotopic (exact) mass is 292 g/mol. The average molecular weight is 292 g/mol. The number of methoxy groups -OCH3 is 1. The largest absolute Gasteiger partial charge is 0.497 e. The van der Waals surface area contributed by atoms with Crippen LogP contribution in [0.2, 0.25) is 0 Å². The number of ether oxygens (including phenoxy) is 1. The first-order chi connectivity index (χ1) is 9.41. The minimum absolute atomic E-state index is 0.425. The Balaban J connectivity index is 2.17. The van der Waals surface area contributed by atoms with Gasteiger partial charge in [-0.2, -0.15) is 0 Å². The van der Waals surface area contributed by atoms with Gasteiger partial charge in [0.1, 0.15) is 5.75 Å². The molecule has 5 nitrogen and oxygen atoms in total.